The van der Waals surface area contributed by atoms with E-state index in [1.165, 1.54) is 42.5 Å². The molecule has 3 rings (SSSR count). The third-order valence-corrected chi connectivity index (χ3v) is 7.18. The van der Waals surface area contributed by atoms with Gasteiger partial charge in [0.05, 0.1) is 27.8 Å². The topological polar surface area (TPSA) is 187 Å². The minimum atomic E-state index is -4.86. The number of aromatic hydroxyl groups is 1. The van der Waals surface area contributed by atoms with E-state index in [2.05, 4.69) is 23.8 Å². The second-order valence-electron chi connectivity index (χ2n) is 6.28. The Kier molecular flexibility index (Phi) is 13.3. The van der Waals surface area contributed by atoms with Crippen molar-refractivity contribution in [2.24, 2.45) is 10.2 Å². The van der Waals surface area contributed by atoms with E-state index >= 15 is 0 Å². The summed E-state index contributed by atoms with van der Waals surface area (Å²) in [6, 6.07) is 12.0. The van der Waals surface area contributed by atoms with Crippen molar-refractivity contribution < 1.29 is 104 Å². The second kappa shape index (κ2) is 14.3. The van der Waals surface area contributed by atoms with Gasteiger partial charge in [-0.15, -0.1) is 9.45 Å². The fourth-order valence-corrected chi connectivity index (χ4v) is 4.87. The first-order valence-electron chi connectivity index (χ1n) is 8.83. The van der Waals surface area contributed by atoms with Crippen LogP contribution in [0.3, 0.4) is 0 Å². The fourth-order valence-electron chi connectivity index (χ4n) is 2.75. The summed E-state index contributed by atoms with van der Waals surface area (Å²) in [6.45, 7) is -0.274. The number of hydrogen-bond acceptors (Lipinski definition) is 13. The van der Waals surface area contributed by atoms with E-state index in [1.54, 1.807) is 6.07 Å². The van der Waals surface area contributed by atoms with Gasteiger partial charge in [-0.25, -0.2) is 16.8 Å². The Morgan fingerprint density at radius 1 is 0.943 bits per heavy atom. The number of benzene rings is 3. The Bertz CT molecular complexity index is 1390. The number of nitrogens with zero attached hydrogens (tertiary/aromatic N) is 2. The molecule has 0 fully saturated rings. The smallest absolute Gasteiger partial charge is 0.744 e. The predicted molar refractivity (Wildman–Crippen MR) is 112 cm³/mol. The molecule has 0 heterocycles. The Morgan fingerprint density at radius 3 is 2.17 bits per heavy atom. The number of fused-ring (bicyclic) bond motifs is 1. The molecule has 3 aromatic rings. The van der Waals surface area contributed by atoms with E-state index in [-0.39, 0.29) is 111 Å². The molecular formula is C18H14N2Na2O10S3. The van der Waals surface area contributed by atoms with Gasteiger partial charge in [-0.1, -0.05) is 24.3 Å². The molecule has 17 heteroatoms. The Morgan fingerprint density at radius 2 is 1.57 bits per heavy atom. The van der Waals surface area contributed by atoms with Crippen molar-refractivity contribution in [3.8, 4) is 5.75 Å². The number of phenols is 1. The molecular weight excluding hydrogens is 546 g/mol. The first-order chi connectivity index (χ1) is 15.6. The van der Waals surface area contributed by atoms with Gasteiger partial charge in [0.25, 0.3) is 0 Å². The zero-order valence-electron chi connectivity index (χ0n) is 18.4. The molecule has 0 saturated heterocycles. The molecule has 0 aliphatic carbocycles. The summed E-state index contributed by atoms with van der Waals surface area (Å²) in [5.74, 6) is -0.772. The first kappa shape index (κ1) is 32.4. The van der Waals surface area contributed by atoms with E-state index in [1.807, 2.05) is 0 Å². The van der Waals surface area contributed by atoms with E-state index in [0.717, 1.165) is 6.07 Å². The Hall–Kier alpha value is -0.630. The maximum absolute atomic E-state index is 12.3. The van der Waals surface area contributed by atoms with Gasteiger partial charge in [-0.05, 0) is 30.3 Å². The fraction of sp³-hybridized carbons (Fsp3) is 0.111. The number of sulfone groups is 1. The quantitative estimate of drug-likeness (QED) is 0.0492. The van der Waals surface area contributed by atoms with Crippen LogP contribution in [0.5, 0.6) is 5.75 Å². The van der Waals surface area contributed by atoms with Crippen molar-refractivity contribution in [3.05, 3.63) is 54.6 Å². The van der Waals surface area contributed by atoms with Crippen LogP contribution < -0.4 is 64.4 Å². The van der Waals surface area contributed by atoms with E-state index in [4.69, 9.17) is 0 Å². The molecule has 0 aliphatic rings. The molecule has 0 aliphatic heterocycles. The molecule has 0 amide bonds. The van der Waals surface area contributed by atoms with Crippen LogP contribution in [0.4, 0.5) is 11.4 Å². The molecule has 0 aromatic heterocycles. The minimum absolute atomic E-state index is 0. The normalized spacial score (nSPS) is 11.8. The van der Waals surface area contributed by atoms with Gasteiger partial charge in [0.2, 0.25) is 0 Å². The van der Waals surface area contributed by atoms with Crippen molar-refractivity contribution in [2.75, 3.05) is 12.4 Å². The van der Waals surface area contributed by atoms with Crippen LogP contribution in [0.2, 0.25) is 0 Å². The maximum atomic E-state index is 12.3. The molecule has 0 atom stereocenters. The second-order valence-corrected chi connectivity index (χ2v) is 10.2. The standard InChI is InChI=1S/C18H16N2O10S3.2Na/c21-18-15-4-2-1-3-14(15)17(33(25,26)27)11-16(18)20-19-12-5-7-13(8-6-12)32(23,24)10-9-28-31-30-29-22;;/h1-8,11,21-22H,9-10H2,(H,25,26,27);;/q;2*+1/p-2. The molecule has 0 unspecified atom stereocenters. The van der Waals surface area contributed by atoms with Crippen LogP contribution in [0.25, 0.3) is 10.8 Å². The van der Waals surface area contributed by atoms with Crippen LogP contribution in [-0.4, -0.2) is 38.9 Å². The van der Waals surface area contributed by atoms with Crippen LogP contribution in [0, 0.1) is 0 Å². The Balaban J connectivity index is 0.00000306. The summed E-state index contributed by atoms with van der Waals surface area (Å²) in [5, 5.41) is 30.9. The van der Waals surface area contributed by atoms with E-state index < -0.39 is 30.6 Å². The van der Waals surface area contributed by atoms with Gasteiger partial charge < -0.3 is 14.9 Å². The average molecular weight is 560 g/mol. The van der Waals surface area contributed by atoms with Gasteiger partial charge >= 0.3 is 59.1 Å². The number of phenolic OH excluding ortho intramolecular Hbond substituents is 1. The van der Waals surface area contributed by atoms with Crippen LogP contribution in [0.15, 0.2) is 74.6 Å². The van der Waals surface area contributed by atoms with Crippen LogP contribution >= 0.6 is 12.3 Å². The number of hydrogen-bond donors (Lipinski definition) is 1. The third kappa shape index (κ3) is 8.72. The molecule has 12 nitrogen and oxygen atoms in total. The maximum Gasteiger partial charge on any atom is 1.00 e. The Labute approximate surface area is 249 Å². The zero-order chi connectivity index (χ0) is 24.1. The average Bonchev–Trinajstić information content (AvgIpc) is 2.78. The van der Waals surface area contributed by atoms with Crippen molar-refractivity contribution in [1.82, 2.24) is 0 Å². The molecule has 0 saturated carbocycles. The van der Waals surface area contributed by atoms with Crippen molar-refractivity contribution in [2.45, 2.75) is 9.79 Å². The van der Waals surface area contributed by atoms with E-state index in [0.29, 0.717) is 0 Å². The molecule has 35 heavy (non-hydrogen) atoms. The van der Waals surface area contributed by atoms with Crippen molar-refractivity contribution >= 4 is 54.4 Å². The van der Waals surface area contributed by atoms with Crippen molar-refractivity contribution in [1.29, 1.82) is 0 Å². The number of rotatable bonds is 10. The van der Waals surface area contributed by atoms with Gasteiger partial charge in [-0.3, -0.25) is 9.22 Å². The van der Waals surface area contributed by atoms with Crippen LogP contribution in [0.1, 0.15) is 0 Å². The molecule has 0 radical (unpaired) electrons. The molecule has 1 N–H and O–H groups in total. The van der Waals surface area contributed by atoms with Gasteiger partial charge in [0.1, 0.15) is 15.8 Å². The monoisotopic (exact) mass is 560 g/mol. The SMILES string of the molecule is O=S(=O)([O-])c1cc(N=Nc2ccc(S(=O)(=O)CCOSOO[O-])cc2)c(O)c2ccccc12.[Na+].[Na+]. The number of azo groups is 1. The van der Waals surface area contributed by atoms with Crippen molar-refractivity contribution in [3.63, 3.8) is 0 Å². The summed E-state index contributed by atoms with van der Waals surface area (Å²) in [6.07, 6.45) is 0. The molecule has 0 spiro atoms. The molecule has 0 bridgehead atoms. The summed E-state index contributed by atoms with van der Waals surface area (Å²) in [4.78, 5) is -0.594. The van der Waals surface area contributed by atoms with Gasteiger partial charge in [0.15, 0.2) is 27.9 Å². The summed E-state index contributed by atoms with van der Waals surface area (Å²) in [5.41, 5.74) is -0.0559. The summed E-state index contributed by atoms with van der Waals surface area (Å²) < 4.78 is 68.0. The van der Waals surface area contributed by atoms with Crippen LogP contribution in [-0.2, 0) is 33.5 Å². The summed E-state index contributed by atoms with van der Waals surface area (Å²) >= 11 is 0.196. The predicted octanol–water partition coefficient (Wildman–Crippen LogP) is -3.55. The van der Waals surface area contributed by atoms with E-state index in [9.17, 15) is 31.8 Å². The molecule has 3 aromatic carbocycles. The van der Waals surface area contributed by atoms with Gasteiger partial charge in [0, 0.05) is 10.8 Å². The van der Waals surface area contributed by atoms with Gasteiger partial charge in [-0.2, -0.15) is 5.11 Å². The third-order valence-electron chi connectivity index (χ3n) is 4.24. The molecule has 176 valence electrons. The largest absolute Gasteiger partial charge is 1.00 e. The first-order valence-corrected chi connectivity index (χ1v) is 12.6. The summed E-state index contributed by atoms with van der Waals surface area (Å²) in [7, 11) is -8.57. The minimum Gasteiger partial charge on any atom is -0.744 e. The zero-order valence-corrected chi connectivity index (χ0v) is 24.8.